The molecule has 1 aromatic carbocycles. The van der Waals surface area contributed by atoms with Crippen LogP contribution in [0.25, 0.3) is 0 Å². The maximum absolute atomic E-state index is 12.0. The zero-order chi connectivity index (χ0) is 15.3. The van der Waals surface area contributed by atoms with E-state index in [1.165, 1.54) is 11.9 Å². The van der Waals surface area contributed by atoms with Crippen LogP contribution in [0.15, 0.2) is 30.3 Å². The second-order valence-electron chi connectivity index (χ2n) is 5.50. The summed E-state index contributed by atoms with van der Waals surface area (Å²) in [5, 5.41) is 0. The van der Waals surface area contributed by atoms with Gasteiger partial charge in [-0.1, -0.05) is 18.2 Å². The van der Waals surface area contributed by atoms with Crippen LogP contribution < -0.4 is 4.74 Å². The topological polar surface area (TPSA) is 55.8 Å². The highest BCUT2D eigenvalue weighted by Gasteiger charge is 2.28. The van der Waals surface area contributed by atoms with Crippen molar-refractivity contribution in [1.29, 1.82) is 0 Å². The van der Waals surface area contributed by atoms with Gasteiger partial charge in [-0.15, -0.1) is 0 Å². The van der Waals surface area contributed by atoms with Gasteiger partial charge < -0.3 is 9.47 Å². The normalized spacial score (nSPS) is 12.4. The number of esters is 1. The van der Waals surface area contributed by atoms with Gasteiger partial charge in [0.15, 0.2) is 0 Å². The molecule has 0 fully saturated rings. The molecule has 0 aliphatic carbocycles. The summed E-state index contributed by atoms with van der Waals surface area (Å²) < 4.78 is 10.4. The monoisotopic (exact) mass is 279 g/mol. The Kier molecular flexibility index (Phi) is 5.13. The van der Waals surface area contributed by atoms with Crippen molar-refractivity contribution in [2.45, 2.75) is 39.3 Å². The molecule has 0 radical (unpaired) electrons. The molecule has 20 heavy (non-hydrogen) atoms. The Morgan fingerprint density at radius 3 is 2.20 bits per heavy atom. The molecular formula is C15H21NO4. The molecule has 0 aliphatic rings. The van der Waals surface area contributed by atoms with Crippen LogP contribution in [0.3, 0.4) is 0 Å². The maximum Gasteiger partial charge on any atom is 0.410 e. The third kappa shape index (κ3) is 4.91. The quantitative estimate of drug-likeness (QED) is 0.630. The van der Waals surface area contributed by atoms with E-state index in [9.17, 15) is 9.59 Å². The van der Waals surface area contributed by atoms with Crippen LogP contribution in [0, 0.1) is 0 Å². The number of para-hydroxylation sites is 1. The summed E-state index contributed by atoms with van der Waals surface area (Å²) in [7, 11) is 1.50. The van der Waals surface area contributed by atoms with Crippen molar-refractivity contribution in [2.24, 2.45) is 0 Å². The van der Waals surface area contributed by atoms with Crippen LogP contribution in [-0.2, 0) is 9.53 Å². The molecule has 0 heterocycles. The first-order chi connectivity index (χ1) is 9.20. The Morgan fingerprint density at radius 1 is 1.15 bits per heavy atom. The number of hydrogen-bond acceptors (Lipinski definition) is 4. The molecule has 1 rings (SSSR count). The second kappa shape index (κ2) is 6.41. The van der Waals surface area contributed by atoms with Crippen LogP contribution in [0.5, 0.6) is 5.75 Å². The molecule has 1 amide bonds. The van der Waals surface area contributed by atoms with E-state index < -0.39 is 23.7 Å². The molecule has 5 nitrogen and oxygen atoms in total. The third-order valence-electron chi connectivity index (χ3n) is 2.57. The van der Waals surface area contributed by atoms with Crippen LogP contribution in [0.1, 0.15) is 27.7 Å². The smallest absolute Gasteiger partial charge is 0.410 e. The lowest BCUT2D eigenvalue weighted by Gasteiger charge is -2.27. The van der Waals surface area contributed by atoms with Crippen molar-refractivity contribution in [3.05, 3.63) is 30.3 Å². The molecule has 0 N–H and O–H groups in total. The number of rotatable bonds is 3. The average molecular weight is 279 g/mol. The number of hydrogen-bond donors (Lipinski definition) is 0. The lowest BCUT2D eigenvalue weighted by molar-refractivity contribution is -0.139. The standard InChI is InChI=1S/C15H21NO4/c1-11(16(5)14(18)20-15(2,3)4)13(17)19-12-9-7-6-8-10-12/h6-11H,1-5H3/t11-/m0/s1. The van der Waals surface area contributed by atoms with Crippen LogP contribution in [-0.4, -0.2) is 35.7 Å². The van der Waals surface area contributed by atoms with Crippen LogP contribution >= 0.6 is 0 Å². The summed E-state index contributed by atoms with van der Waals surface area (Å²) >= 11 is 0. The molecule has 0 bridgehead atoms. The predicted octanol–water partition coefficient (Wildman–Crippen LogP) is 2.85. The minimum absolute atomic E-state index is 0.446. The fourth-order valence-corrected chi connectivity index (χ4v) is 1.34. The number of amides is 1. The molecule has 110 valence electrons. The van der Waals surface area contributed by atoms with Crippen molar-refractivity contribution in [1.82, 2.24) is 4.90 Å². The zero-order valence-electron chi connectivity index (χ0n) is 12.5. The van der Waals surface area contributed by atoms with Gasteiger partial charge >= 0.3 is 12.1 Å². The largest absolute Gasteiger partial charge is 0.444 e. The first-order valence-corrected chi connectivity index (χ1v) is 6.43. The Hall–Kier alpha value is -2.04. The highest BCUT2D eigenvalue weighted by molar-refractivity contribution is 5.82. The molecule has 5 heteroatoms. The first kappa shape index (κ1) is 16.0. The highest BCUT2D eigenvalue weighted by atomic mass is 16.6. The zero-order valence-corrected chi connectivity index (χ0v) is 12.5. The molecule has 1 atom stereocenters. The Morgan fingerprint density at radius 2 is 1.70 bits per heavy atom. The van der Waals surface area contributed by atoms with E-state index in [-0.39, 0.29) is 0 Å². The van der Waals surface area contributed by atoms with Crippen molar-refractivity contribution in [3.8, 4) is 5.75 Å². The fraction of sp³-hybridized carbons (Fsp3) is 0.467. The van der Waals surface area contributed by atoms with Gasteiger partial charge in [0.2, 0.25) is 0 Å². The van der Waals surface area contributed by atoms with Gasteiger partial charge in [0.25, 0.3) is 0 Å². The number of ether oxygens (including phenoxy) is 2. The van der Waals surface area contributed by atoms with Gasteiger partial charge in [-0.3, -0.25) is 4.90 Å². The van der Waals surface area contributed by atoms with Gasteiger partial charge in [0.05, 0.1) is 0 Å². The minimum atomic E-state index is -0.731. The number of nitrogens with zero attached hydrogens (tertiary/aromatic N) is 1. The minimum Gasteiger partial charge on any atom is -0.444 e. The maximum atomic E-state index is 12.0. The summed E-state index contributed by atoms with van der Waals surface area (Å²) in [5.74, 6) is -0.0634. The average Bonchev–Trinajstić information content (AvgIpc) is 2.36. The summed E-state index contributed by atoms with van der Waals surface area (Å²) in [4.78, 5) is 25.0. The summed E-state index contributed by atoms with van der Waals surface area (Å²) in [6, 6.07) is 7.99. The molecule has 1 aromatic rings. The van der Waals surface area contributed by atoms with E-state index >= 15 is 0 Å². The lowest BCUT2D eigenvalue weighted by Crippen LogP contribution is -2.44. The number of carbonyl (C=O) groups is 2. The molecule has 0 saturated carbocycles. The number of carbonyl (C=O) groups excluding carboxylic acids is 2. The van der Waals surface area contributed by atoms with Gasteiger partial charge in [0, 0.05) is 7.05 Å². The molecule has 0 spiro atoms. The third-order valence-corrected chi connectivity index (χ3v) is 2.57. The molecular weight excluding hydrogens is 258 g/mol. The van der Waals surface area contributed by atoms with E-state index in [1.54, 1.807) is 52.0 Å². The van der Waals surface area contributed by atoms with Crippen LogP contribution in [0.4, 0.5) is 4.79 Å². The Labute approximate surface area is 119 Å². The Balaban J connectivity index is 2.62. The first-order valence-electron chi connectivity index (χ1n) is 6.43. The van der Waals surface area contributed by atoms with Gasteiger partial charge in [0.1, 0.15) is 17.4 Å². The number of benzene rings is 1. The van der Waals surface area contributed by atoms with Gasteiger partial charge in [-0.2, -0.15) is 0 Å². The summed E-state index contributed by atoms with van der Waals surface area (Å²) in [6.07, 6.45) is -0.560. The second-order valence-corrected chi connectivity index (χ2v) is 5.50. The lowest BCUT2D eigenvalue weighted by atomic mass is 10.2. The molecule has 0 saturated heterocycles. The van der Waals surface area contributed by atoms with Crippen molar-refractivity contribution in [3.63, 3.8) is 0 Å². The van der Waals surface area contributed by atoms with E-state index in [4.69, 9.17) is 9.47 Å². The molecule has 0 unspecified atom stereocenters. The summed E-state index contributed by atoms with van der Waals surface area (Å²) in [6.45, 7) is 6.90. The molecule has 0 aliphatic heterocycles. The SMILES string of the molecule is C[C@@H](C(=O)Oc1ccccc1)N(C)C(=O)OC(C)(C)C. The van der Waals surface area contributed by atoms with E-state index in [1.807, 2.05) is 6.07 Å². The number of likely N-dealkylation sites (N-methyl/N-ethyl adjacent to an activating group) is 1. The van der Waals surface area contributed by atoms with Crippen molar-refractivity contribution in [2.75, 3.05) is 7.05 Å². The van der Waals surface area contributed by atoms with Gasteiger partial charge in [-0.25, -0.2) is 9.59 Å². The fourth-order valence-electron chi connectivity index (χ4n) is 1.34. The van der Waals surface area contributed by atoms with Crippen molar-refractivity contribution < 1.29 is 19.1 Å². The predicted molar refractivity (Wildman–Crippen MR) is 75.5 cm³/mol. The van der Waals surface area contributed by atoms with Crippen LogP contribution in [0.2, 0.25) is 0 Å². The van der Waals surface area contributed by atoms with Crippen molar-refractivity contribution >= 4 is 12.1 Å². The summed E-state index contributed by atoms with van der Waals surface area (Å²) in [5.41, 5.74) is -0.603. The molecule has 0 aromatic heterocycles. The Bertz CT molecular complexity index is 465. The highest BCUT2D eigenvalue weighted by Crippen LogP contribution is 2.13. The van der Waals surface area contributed by atoms with E-state index in [0.29, 0.717) is 5.75 Å². The van der Waals surface area contributed by atoms with E-state index in [0.717, 1.165) is 0 Å². The van der Waals surface area contributed by atoms with Gasteiger partial charge in [-0.05, 0) is 39.8 Å². The van der Waals surface area contributed by atoms with E-state index in [2.05, 4.69) is 0 Å².